The van der Waals surface area contributed by atoms with E-state index in [1.54, 1.807) is 13.8 Å². The lowest BCUT2D eigenvalue weighted by molar-refractivity contribution is -0.134. The lowest BCUT2D eigenvalue weighted by Gasteiger charge is -2.37. The van der Waals surface area contributed by atoms with E-state index in [0.717, 1.165) is 5.56 Å². The van der Waals surface area contributed by atoms with Crippen molar-refractivity contribution in [2.75, 3.05) is 6.54 Å². The Hall–Kier alpha value is -1.55. The number of cyclic esters (lactones) is 1. The number of nitrogens with zero attached hydrogens (tertiary/aromatic N) is 1. The predicted molar refractivity (Wildman–Crippen MR) is 68.0 cm³/mol. The Morgan fingerprint density at radius 1 is 1.28 bits per heavy atom. The van der Waals surface area contributed by atoms with Crippen molar-refractivity contribution >= 4 is 6.09 Å². The SMILES string of the molecule is CCN1C(=O)O[C@](C)(Cc2ccccc2)[C@]1(C)O. The fraction of sp³-hybridized carbons (Fsp3) is 0.500. The number of rotatable bonds is 3. The first kappa shape index (κ1) is 12.9. The van der Waals surface area contributed by atoms with E-state index in [0.29, 0.717) is 13.0 Å². The van der Waals surface area contributed by atoms with E-state index in [2.05, 4.69) is 0 Å². The summed E-state index contributed by atoms with van der Waals surface area (Å²) in [6.45, 7) is 5.65. The smallest absolute Gasteiger partial charge is 0.412 e. The quantitative estimate of drug-likeness (QED) is 0.893. The normalized spacial score (nSPS) is 31.6. The number of ether oxygens (including phenoxy) is 1. The van der Waals surface area contributed by atoms with Gasteiger partial charge in [-0.05, 0) is 26.3 Å². The minimum Gasteiger partial charge on any atom is -0.438 e. The molecule has 1 aliphatic rings. The number of benzene rings is 1. The van der Waals surface area contributed by atoms with Crippen LogP contribution in [0.3, 0.4) is 0 Å². The van der Waals surface area contributed by atoms with Crippen molar-refractivity contribution in [2.24, 2.45) is 0 Å². The molecule has 1 heterocycles. The van der Waals surface area contributed by atoms with Crippen LogP contribution >= 0.6 is 0 Å². The Balaban J connectivity index is 2.29. The molecule has 0 unspecified atom stereocenters. The molecule has 0 saturated carbocycles. The van der Waals surface area contributed by atoms with Crippen LogP contribution in [-0.2, 0) is 11.2 Å². The highest BCUT2D eigenvalue weighted by Crippen LogP contribution is 2.39. The van der Waals surface area contributed by atoms with Crippen molar-refractivity contribution in [3.8, 4) is 0 Å². The Kier molecular flexibility index (Phi) is 3.07. The van der Waals surface area contributed by atoms with Crippen LogP contribution in [-0.4, -0.2) is 34.0 Å². The maximum Gasteiger partial charge on any atom is 0.412 e. The molecule has 0 bridgehead atoms. The molecular weight excluding hydrogens is 230 g/mol. The van der Waals surface area contributed by atoms with Gasteiger partial charge in [0, 0.05) is 13.0 Å². The van der Waals surface area contributed by atoms with Crippen molar-refractivity contribution in [3.05, 3.63) is 35.9 Å². The molecule has 1 saturated heterocycles. The molecule has 1 aliphatic heterocycles. The van der Waals surface area contributed by atoms with Crippen LogP contribution in [0.5, 0.6) is 0 Å². The van der Waals surface area contributed by atoms with Crippen molar-refractivity contribution in [3.63, 3.8) is 0 Å². The van der Waals surface area contributed by atoms with Crippen LogP contribution in [0, 0.1) is 0 Å². The molecule has 0 aliphatic carbocycles. The molecule has 4 heteroatoms. The molecule has 1 N–H and O–H groups in total. The summed E-state index contributed by atoms with van der Waals surface area (Å²) in [5.41, 5.74) is -1.19. The van der Waals surface area contributed by atoms with Gasteiger partial charge in [0.1, 0.15) is 0 Å². The number of amides is 1. The van der Waals surface area contributed by atoms with E-state index in [9.17, 15) is 9.90 Å². The molecular formula is C14H19NO3. The summed E-state index contributed by atoms with van der Waals surface area (Å²) in [6, 6.07) is 9.72. The highest BCUT2D eigenvalue weighted by Gasteiger charge is 2.58. The molecule has 0 radical (unpaired) electrons. The lowest BCUT2D eigenvalue weighted by Crippen LogP contribution is -2.55. The predicted octanol–water partition coefficient (Wildman–Crippen LogP) is 2.17. The van der Waals surface area contributed by atoms with Gasteiger partial charge >= 0.3 is 6.09 Å². The van der Waals surface area contributed by atoms with Gasteiger partial charge in [0.15, 0.2) is 11.3 Å². The van der Waals surface area contributed by atoms with Gasteiger partial charge in [-0.25, -0.2) is 4.79 Å². The molecule has 98 valence electrons. The number of hydrogen-bond acceptors (Lipinski definition) is 3. The second kappa shape index (κ2) is 4.28. The third-order valence-electron chi connectivity index (χ3n) is 3.76. The first-order valence-electron chi connectivity index (χ1n) is 6.17. The van der Waals surface area contributed by atoms with Crippen LogP contribution in [0.15, 0.2) is 30.3 Å². The summed E-state index contributed by atoms with van der Waals surface area (Å²) >= 11 is 0. The van der Waals surface area contributed by atoms with E-state index < -0.39 is 17.4 Å². The Bertz CT molecular complexity index is 444. The number of carbonyl (C=O) groups is 1. The first-order valence-corrected chi connectivity index (χ1v) is 6.17. The van der Waals surface area contributed by atoms with Gasteiger partial charge in [-0.15, -0.1) is 0 Å². The molecule has 1 aromatic rings. The van der Waals surface area contributed by atoms with Crippen molar-refractivity contribution in [1.29, 1.82) is 0 Å². The minimum absolute atomic E-state index is 0.427. The van der Waals surface area contributed by atoms with E-state index in [-0.39, 0.29) is 0 Å². The van der Waals surface area contributed by atoms with Gasteiger partial charge in [0.05, 0.1) is 0 Å². The number of hydrogen-bond donors (Lipinski definition) is 1. The van der Waals surface area contributed by atoms with E-state index in [4.69, 9.17) is 4.74 Å². The van der Waals surface area contributed by atoms with Gasteiger partial charge in [-0.3, -0.25) is 4.90 Å². The van der Waals surface area contributed by atoms with E-state index in [1.165, 1.54) is 4.90 Å². The van der Waals surface area contributed by atoms with Crippen molar-refractivity contribution < 1.29 is 14.6 Å². The van der Waals surface area contributed by atoms with Gasteiger partial charge in [-0.1, -0.05) is 30.3 Å². The lowest BCUT2D eigenvalue weighted by atomic mass is 9.87. The maximum atomic E-state index is 11.8. The van der Waals surface area contributed by atoms with Gasteiger partial charge in [0.2, 0.25) is 0 Å². The molecule has 0 spiro atoms. The zero-order valence-electron chi connectivity index (χ0n) is 11.0. The molecule has 18 heavy (non-hydrogen) atoms. The van der Waals surface area contributed by atoms with Crippen molar-refractivity contribution in [2.45, 2.75) is 38.5 Å². The zero-order chi connectivity index (χ0) is 13.4. The first-order chi connectivity index (χ1) is 8.40. The summed E-state index contributed by atoms with van der Waals surface area (Å²) < 4.78 is 5.41. The molecule has 1 fully saturated rings. The van der Waals surface area contributed by atoms with Crippen LogP contribution in [0.2, 0.25) is 0 Å². The molecule has 2 rings (SSSR count). The Labute approximate surface area is 107 Å². The molecule has 2 atom stereocenters. The largest absolute Gasteiger partial charge is 0.438 e. The fourth-order valence-corrected chi connectivity index (χ4v) is 2.43. The average Bonchev–Trinajstić information content (AvgIpc) is 2.46. The topological polar surface area (TPSA) is 49.8 Å². The second-order valence-corrected chi connectivity index (χ2v) is 5.03. The highest BCUT2D eigenvalue weighted by molar-refractivity contribution is 5.72. The molecule has 4 nitrogen and oxygen atoms in total. The van der Waals surface area contributed by atoms with Gasteiger partial charge in [0.25, 0.3) is 0 Å². The summed E-state index contributed by atoms with van der Waals surface area (Å²) in [5, 5.41) is 10.6. The molecule has 1 amide bonds. The average molecular weight is 249 g/mol. The Morgan fingerprint density at radius 3 is 2.39 bits per heavy atom. The standard InChI is InChI=1S/C14H19NO3/c1-4-15-12(16)18-13(2,14(15,3)17)10-11-8-6-5-7-9-11/h5-9,17H,4,10H2,1-3H3/t13-,14+/m1/s1. The summed E-state index contributed by atoms with van der Waals surface area (Å²) in [7, 11) is 0. The van der Waals surface area contributed by atoms with Crippen molar-refractivity contribution in [1.82, 2.24) is 4.90 Å². The third kappa shape index (κ3) is 1.86. The Morgan fingerprint density at radius 2 is 1.89 bits per heavy atom. The summed E-state index contributed by atoms with van der Waals surface area (Å²) in [5.74, 6) is 0. The number of likely N-dealkylation sites (N-methyl/N-ethyl adjacent to an activating group) is 1. The fourth-order valence-electron chi connectivity index (χ4n) is 2.43. The minimum atomic E-state index is -1.30. The van der Waals surface area contributed by atoms with Crippen LogP contribution in [0.4, 0.5) is 4.79 Å². The molecule has 1 aromatic carbocycles. The number of aliphatic hydroxyl groups is 1. The number of carbonyl (C=O) groups excluding carboxylic acids is 1. The van der Waals surface area contributed by atoms with Crippen LogP contribution in [0.25, 0.3) is 0 Å². The van der Waals surface area contributed by atoms with Crippen LogP contribution in [0.1, 0.15) is 26.3 Å². The molecule has 0 aromatic heterocycles. The van der Waals surface area contributed by atoms with E-state index >= 15 is 0 Å². The maximum absolute atomic E-state index is 11.8. The second-order valence-electron chi connectivity index (χ2n) is 5.03. The van der Waals surface area contributed by atoms with Crippen LogP contribution < -0.4 is 0 Å². The summed E-state index contributed by atoms with van der Waals surface area (Å²) in [4.78, 5) is 13.1. The zero-order valence-corrected chi connectivity index (χ0v) is 11.0. The highest BCUT2D eigenvalue weighted by atomic mass is 16.6. The van der Waals surface area contributed by atoms with Gasteiger partial charge < -0.3 is 9.84 Å². The van der Waals surface area contributed by atoms with E-state index in [1.807, 2.05) is 37.3 Å². The summed E-state index contributed by atoms with van der Waals surface area (Å²) in [6.07, 6.45) is 0.0317. The monoisotopic (exact) mass is 249 g/mol. The van der Waals surface area contributed by atoms with Gasteiger partial charge in [-0.2, -0.15) is 0 Å². The third-order valence-corrected chi connectivity index (χ3v) is 3.76.